The van der Waals surface area contributed by atoms with Gasteiger partial charge in [-0.15, -0.1) is 0 Å². The molecule has 7 heteroatoms. The molecule has 0 unspecified atom stereocenters. The number of alkyl halides is 3. The van der Waals surface area contributed by atoms with Crippen molar-refractivity contribution in [3.8, 4) is 0 Å². The Morgan fingerprint density at radius 1 is 1.11 bits per heavy atom. The average Bonchev–Trinajstić information content (AvgIpc) is 3.11. The second kappa shape index (κ2) is 7.82. The maximum Gasteiger partial charge on any atom is 0.406 e. The smallest absolute Gasteiger partial charge is 0.329 e. The van der Waals surface area contributed by atoms with Gasteiger partial charge >= 0.3 is 6.18 Å². The number of para-hydroxylation sites is 1. The number of benzene rings is 2. The first-order valence-electron chi connectivity index (χ1n) is 8.72. The van der Waals surface area contributed by atoms with Crippen molar-refractivity contribution in [3.05, 3.63) is 66.2 Å². The second-order valence-corrected chi connectivity index (χ2v) is 6.29. The van der Waals surface area contributed by atoms with E-state index in [-0.39, 0.29) is 24.7 Å². The summed E-state index contributed by atoms with van der Waals surface area (Å²) >= 11 is 0. The summed E-state index contributed by atoms with van der Waals surface area (Å²) in [6.45, 7) is 0.226. The standard InChI is InChI=1S/C20H20F3N3O/c1-2-25(14-20(21,22)23)19(27)17-13-18(15-9-5-3-6-10-15)26(24-17)16-11-7-4-8-12-16/h3-12,18H,2,13-14H2,1H3/t18-/m1/s1. The summed E-state index contributed by atoms with van der Waals surface area (Å²) in [6.07, 6.45) is -4.19. The Hall–Kier alpha value is -2.83. The molecule has 1 amide bonds. The molecule has 142 valence electrons. The fourth-order valence-electron chi connectivity index (χ4n) is 3.12. The number of carbonyl (C=O) groups excluding carboxylic acids is 1. The first kappa shape index (κ1) is 18.9. The highest BCUT2D eigenvalue weighted by atomic mass is 19.4. The molecule has 0 radical (unpaired) electrons. The highest BCUT2D eigenvalue weighted by Gasteiger charge is 2.37. The highest BCUT2D eigenvalue weighted by Crippen LogP contribution is 2.35. The van der Waals surface area contributed by atoms with Crippen LogP contribution in [0.2, 0.25) is 0 Å². The molecule has 0 N–H and O–H groups in total. The minimum atomic E-state index is -4.44. The third-order valence-electron chi connectivity index (χ3n) is 4.40. The molecular weight excluding hydrogens is 355 g/mol. The molecule has 3 rings (SSSR count). The Morgan fingerprint density at radius 2 is 1.70 bits per heavy atom. The molecule has 2 aromatic rings. The number of hydrogen-bond acceptors (Lipinski definition) is 3. The number of halogens is 3. The summed E-state index contributed by atoms with van der Waals surface area (Å²) in [5, 5.41) is 6.12. The Morgan fingerprint density at radius 3 is 2.26 bits per heavy atom. The lowest BCUT2D eigenvalue weighted by Crippen LogP contribution is -2.42. The maximum absolute atomic E-state index is 12.8. The quantitative estimate of drug-likeness (QED) is 0.776. The van der Waals surface area contributed by atoms with Crippen molar-refractivity contribution < 1.29 is 18.0 Å². The monoisotopic (exact) mass is 375 g/mol. The van der Waals surface area contributed by atoms with Gasteiger partial charge in [-0.3, -0.25) is 9.80 Å². The molecule has 0 fully saturated rings. The van der Waals surface area contributed by atoms with Gasteiger partial charge in [0.05, 0.1) is 11.7 Å². The van der Waals surface area contributed by atoms with Crippen molar-refractivity contribution in [2.75, 3.05) is 18.1 Å². The zero-order chi connectivity index (χ0) is 19.4. The van der Waals surface area contributed by atoms with E-state index in [9.17, 15) is 18.0 Å². The van der Waals surface area contributed by atoms with Crippen molar-refractivity contribution in [2.24, 2.45) is 5.10 Å². The fourth-order valence-corrected chi connectivity index (χ4v) is 3.12. The van der Waals surface area contributed by atoms with Crippen molar-refractivity contribution in [2.45, 2.75) is 25.6 Å². The topological polar surface area (TPSA) is 35.9 Å². The van der Waals surface area contributed by atoms with Gasteiger partial charge in [0.25, 0.3) is 5.91 Å². The molecule has 2 aromatic carbocycles. The van der Waals surface area contributed by atoms with Crippen LogP contribution in [0.3, 0.4) is 0 Å². The predicted octanol–water partition coefficient (Wildman–Crippen LogP) is 4.40. The fraction of sp³-hybridized carbons (Fsp3) is 0.300. The predicted molar refractivity (Wildman–Crippen MR) is 98.5 cm³/mol. The second-order valence-electron chi connectivity index (χ2n) is 6.29. The van der Waals surface area contributed by atoms with Crippen molar-refractivity contribution >= 4 is 17.3 Å². The molecule has 4 nitrogen and oxygen atoms in total. The zero-order valence-corrected chi connectivity index (χ0v) is 14.9. The van der Waals surface area contributed by atoms with Gasteiger partial charge in [-0.1, -0.05) is 48.5 Å². The number of hydrogen-bond donors (Lipinski definition) is 0. The van der Waals surface area contributed by atoms with E-state index in [1.165, 1.54) is 6.92 Å². The summed E-state index contributed by atoms with van der Waals surface area (Å²) in [5.74, 6) is -0.672. The van der Waals surface area contributed by atoms with E-state index in [0.29, 0.717) is 0 Å². The minimum Gasteiger partial charge on any atom is -0.329 e. The van der Waals surface area contributed by atoms with Crippen LogP contribution < -0.4 is 5.01 Å². The largest absolute Gasteiger partial charge is 0.406 e. The lowest BCUT2D eigenvalue weighted by Gasteiger charge is -2.23. The molecule has 0 saturated heterocycles. The van der Waals surface area contributed by atoms with E-state index >= 15 is 0 Å². The van der Waals surface area contributed by atoms with Gasteiger partial charge in [-0.25, -0.2) is 0 Å². The van der Waals surface area contributed by atoms with Gasteiger partial charge in [-0.2, -0.15) is 18.3 Å². The number of nitrogens with zero attached hydrogens (tertiary/aromatic N) is 3. The molecule has 1 aliphatic rings. The van der Waals surface area contributed by atoms with Gasteiger partial charge in [0.2, 0.25) is 0 Å². The third-order valence-corrected chi connectivity index (χ3v) is 4.40. The summed E-state index contributed by atoms with van der Waals surface area (Å²) in [6, 6.07) is 18.6. The number of hydrazone groups is 1. The molecule has 1 heterocycles. The van der Waals surface area contributed by atoms with Crippen LogP contribution in [-0.4, -0.2) is 35.8 Å². The molecule has 0 aromatic heterocycles. The van der Waals surface area contributed by atoms with E-state index in [2.05, 4.69) is 5.10 Å². The molecule has 0 aliphatic carbocycles. The maximum atomic E-state index is 12.8. The molecule has 1 atom stereocenters. The Labute approximate surface area is 155 Å². The van der Waals surface area contributed by atoms with Crippen LogP contribution in [0.25, 0.3) is 0 Å². The van der Waals surface area contributed by atoms with E-state index in [1.54, 1.807) is 5.01 Å². The van der Waals surface area contributed by atoms with Crippen LogP contribution in [0, 0.1) is 0 Å². The van der Waals surface area contributed by atoms with Crippen LogP contribution >= 0.6 is 0 Å². The Balaban J connectivity index is 1.91. The Bertz CT molecular complexity index is 806. The van der Waals surface area contributed by atoms with Crippen molar-refractivity contribution in [1.29, 1.82) is 0 Å². The molecule has 0 bridgehead atoms. The number of rotatable bonds is 5. The van der Waals surface area contributed by atoms with Gasteiger partial charge in [0.15, 0.2) is 0 Å². The first-order valence-corrected chi connectivity index (χ1v) is 8.72. The average molecular weight is 375 g/mol. The van der Waals surface area contributed by atoms with Crippen LogP contribution in [0.5, 0.6) is 0 Å². The SMILES string of the molecule is CCN(CC(F)(F)F)C(=O)C1=NN(c2ccccc2)[C@@H](c2ccccc2)C1. The van der Waals surface area contributed by atoms with Crippen LogP contribution in [0.4, 0.5) is 18.9 Å². The molecule has 0 saturated carbocycles. The number of amides is 1. The van der Waals surface area contributed by atoms with E-state index < -0.39 is 18.6 Å². The zero-order valence-electron chi connectivity index (χ0n) is 14.9. The minimum absolute atomic E-state index is 0.0291. The van der Waals surface area contributed by atoms with Crippen LogP contribution in [0.1, 0.15) is 24.9 Å². The normalized spacial score (nSPS) is 17.0. The van der Waals surface area contributed by atoms with Crippen LogP contribution in [0.15, 0.2) is 65.8 Å². The third kappa shape index (κ3) is 4.48. The Kier molecular flexibility index (Phi) is 5.48. The van der Waals surface area contributed by atoms with Gasteiger partial charge < -0.3 is 4.90 Å². The van der Waals surface area contributed by atoms with Gasteiger partial charge in [-0.05, 0) is 24.6 Å². The van der Waals surface area contributed by atoms with E-state index in [4.69, 9.17) is 0 Å². The van der Waals surface area contributed by atoms with Gasteiger partial charge in [0, 0.05) is 13.0 Å². The number of carbonyl (C=O) groups is 1. The van der Waals surface area contributed by atoms with Crippen molar-refractivity contribution in [3.63, 3.8) is 0 Å². The summed E-state index contributed by atoms with van der Waals surface area (Å²) in [7, 11) is 0. The summed E-state index contributed by atoms with van der Waals surface area (Å²) in [5.41, 5.74) is 1.87. The van der Waals surface area contributed by atoms with Crippen molar-refractivity contribution in [1.82, 2.24) is 4.90 Å². The lowest BCUT2D eigenvalue weighted by atomic mass is 10.0. The molecule has 27 heavy (non-hydrogen) atoms. The summed E-state index contributed by atoms with van der Waals surface area (Å²) in [4.78, 5) is 13.5. The first-order chi connectivity index (χ1) is 12.9. The lowest BCUT2D eigenvalue weighted by molar-refractivity contribution is -0.156. The molecular formula is C20H20F3N3O. The van der Waals surface area contributed by atoms with Gasteiger partial charge in [0.1, 0.15) is 12.3 Å². The molecule has 1 aliphatic heterocycles. The summed E-state index contributed by atoms with van der Waals surface area (Å²) < 4.78 is 38.3. The number of anilines is 1. The van der Waals surface area contributed by atoms with E-state index in [0.717, 1.165) is 16.2 Å². The van der Waals surface area contributed by atoms with Crippen LogP contribution in [-0.2, 0) is 4.79 Å². The van der Waals surface area contributed by atoms with E-state index in [1.807, 2.05) is 60.7 Å². The molecule has 0 spiro atoms. The highest BCUT2D eigenvalue weighted by molar-refractivity contribution is 6.39.